The molecule has 0 bridgehead atoms. The van der Waals surface area contributed by atoms with Crippen molar-refractivity contribution in [3.8, 4) is 55.9 Å². The van der Waals surface area contributed by atoms with Crippen molar-refractivity contribution in [1.82, 2.24) is 9.97 Å². The van der Waals surface area contributed by atoms with E-state index in [0.717, 1.165) is 22.2 Å². The van der Waals surface area contributed by atoms with Crippen molar-refractivity contribution >= 4 is 53.9 Å². The van der Waals surface area contributed by atoms with Crippen LogP contribution < -0.4 is 0 Å². The van der Waals surface area contributed by atoms with E-state index in [-0.39, 0.29) is 0 Å². The molecular weight excluding hydrogens is 677 g/mol. The number of hydrogen-bond acceptors (Lipinski definition) is 2. The van der Waals surface area contributed by atoms with Crippen LogP contribution in [0.1, 0.15) is 0 Å². The highest BCUT2D eigenvalue weighted by Gasteiger charge is 2.19. The normalized spacial score (nSPS) is 11.6. The zero-order valence-corrected chi connectivity index (χ0v) is 30.5. The Morgan fingerprint density at radius 1 is 0.214 bits per heavy atom. The summed E-state index contributed by atoms with van der Waals surface area (Å²) in [6, 6.07) is 70.4. The van der Waals surface area contributed by atoms with E-state index in [1.54, 1.807) is 0 Å². The molecule has 1 heterocycles. The van der Waals surface area contributed by atoms with Gasteiger partial charge in [0.25, 0.3) is 0 Å². The first kappa shape index (κ1) is 32.0. The van der Waals surface area contributed by atoms with E-state index in [1.807, 2.05) is 18.5 Å². The van der Waals surface area contributed by atoms with Crippen molar-refractivity contribution in [2.75, 3.05) is 0 Å². The highest BCUT2D eigenvalue weighted by atomic mass is 14.9. The van der Waals surface area contributed by atoms with Crippen LogP contribution in [-0.4, -0.2) is 9.97 Å². The van der Waals surface area contributed by atoms with E-state index < -0.39 is 0 Å². The Balaban J connectivity index is 0.995. The van der Waals surface area contributed by atoms with Crippen molar-refractivity contribution in [2.24, 2.45) is 0 Å². The third kappa shape index (κ3) is 5.26. The monoisotopic (exact) mass is 710 g/mol. The van der Waals surface area contributed by atoms with Crippen molar-refractivity contribution < 1.29 is 0 Å². The molecule has 0 aliphatic heterocycles. The Morgan fingerprint density at radius 3 is 1.14 bits per heavy atom. The molecule has 0 aliphatic rings. The second-order valence-corrected chi connectivity index (χ2v) is 14.5. The minimum Gasteiger partial charge on any atom is -0.237 e. The van der Waals surface area contributed by atoms with Crippen molar-refractivity contribution in [3.63, 3.8) is 0 Å². The molecule has 0 aliphatic carbocycles. The molecule has 0 saturated carbocycles. The lowest BCUT2D eigenvalue weighted by Gasteiger charge is -2.18. The van der Waals surface area contributed by atoms with Gasteiger partial charge in [-0.05, 0) is 117 Å². The van der Waals surface area contributed by atoms with E-state index in [0.29, 0.717) is 0 Å². The van der Waals surface area contributed by atoms with Crippen LogP contribution in [0.4, 0.5) is 0 Å². The van der Waals surface area contributed by atoms with E-state index in [2.05, 4.69) is 188 Å². The summed E-state index contributed by atoms with van der Waals surface area (Å²) in [5, 5.41) is 12.4. The van der Waals surface area contributed by atoms with Crippen LogP contribution in [0, 0.1) is 0 Å². The van der Waals surface area contributed by atoms with Gasteiger partial charge in [-0.2, -0.15) is 0 Å². The average molecular weight is 711 g/mol. The van der Waals surface area contributed by atoms with Gasteiger partial charge >= 0.3 is 0 Å². The fourth-order valence-electron chi connectivity index (χ4n) is 8.74. The van der Waals surface area contributed by atoms with Gasteiger partial charge in [0.15, 0.2) is 5.82 Å². The van der Waals surface area contributed by atoms with Crippen LogP contribution in [0.15, 0.2) is 207 Å². The Kier molecular flexibility index (Phi) is 7.53. The van der Waals surface area contributed by atoms with Crippen LogP contribution in [0.5, 0.6) is 0 Å². The molecule has 0 fully saturated rings. The molecule has 260 valence electrons. The molecule has 0 N–H and O–H groups in total. The number of hydrogen-bond donors (Lipinski definition) is 0. The fraction of sp³-hybridized carbons (Fsp3) is 0. The summed E-state index contributed by atoms with van der Waals surface area (Å²) in [4.78, 5) is 9.50. The third-order valence-electron chi connectivity index (χ3n) is 11.4. The number of fused-ring (bicyclic) bond motifs is 8. The number of nitrogens with zero attached hydrogens (tertiary/aromatic N) is 2. The molecule has 0 amide bonds. The first-order chi connectivity index (χ1) is 27.8. The Morgan fingerprint density at radius 2 is 0.571 bits per heavy atom. The van der Waals surface area contributed by atoms with Crippen molar-refractivity contribution in [2.45, 2.75) is 0 Å². The van der Waals surface area contributed by atoms with Gasteiger partial charge in [0, 0.05) is 18.0 Å². The quantitative estimate of drug-likeness (QED) is 0.131. The standard InChI is InChI=1S/C54H34N2/c1-2-11-35(12-3-1)41-28-30-49-51(34-41)53(54-55-31-10-32-56-54)48-18-9-8-17-47(48)52(49)39-25-23-37(24-26-39)36-19-21-38(22-20-36)40-27-29-46-44-15-5-4-13-42(44)43-14-6-7-16-45(43)50(46)33-40/h1-34H. The maximum absolute atomic E-state index is 4.75. The van der Waals surface area contributed by atoms with Gasteiger partial charge in [-0.1, -0.05) is 176 Å². The number of aromatic nitrogens is 2. The van der Waals surface area contributed by atoms with Gasteiger partial charge in [-0.25, -0.2) is 9.97 Å². The molecule has 2 nitrogen and oxygen atoms in total. The lowest BCUT2D eigenvalue weighted by molar-refractivity contribution is 1.18. The molecule has 2 heteroatoms. The summed E-state index contributed by atoms with van der Waals surface area (Å²) in [5.74, 6) is 0.731. The van der Waals surface area contributed by atoms with Crippen LogP contribution in [0.25, 0.3) is 110 Å². The molecular formula is C54H34N2. The molecule has 0 radical (unpaired) electrons. The van der Waals surface area contributed by atoms with Crippen molar-refractivity contribution in [3.05, 3.63) is 207 Å². The van der Waals surface area contributed by atoms with Gasteiger partial charge < -0.3 is 0 Å². The first-order valence-corrected chi connectivity index (χ1v) is 19.1. The van der Waals surface area contributed by atoms with Crippen LogP contribution in [0.3, 0.4) is 0 Å². The highest BCUT2D eigenvalue weighted by molar-refractivity contribution is 6.26. The molecule has 0 saturated heterocycles. The minimum absolute atomic E-state index is 0.731. The molecule has 1 aromatic heterocycles. The van der Waals surface area contributed by atoms with Crippen LogP contribution in [0.2, 0.25) is 0 Å². The van der Waals surface area contributed by atoms with E-state index in [9.17, 15) is 0 Å². The maximum atomic E-state index is 4.75. The summed E-state index contributed by atoms with van der Waals surface area (Å²) in [6.07, 6.45) is 3.66. The smallest absolute Gasteiger partial charge is 0.160 e. The molecule has 0 unspecified atom stereocenters. The predicted molar refractivity (Wildman–Crippen MR) is 237 cm³/mol. The largest absolute Gasteiger partial charge is 0.237 e. The van der Waals surface area contributed by atoms with Gasteiger partial charge in [-0.15, -0.1) is 0 Å². The molecule has 0 atom stereocenters. The summed E-state index contributed by atoms with van der Waals surface area (Å²) >= 11 is 0. The number of benzene rings is 10. The zero-order valence-electron chi connectivity index (χ0n) is 30.5. The van der Waals surface area contributed by atoms with Gasteiger partial charge in [0.1, 0.15) is 0 Å². The van der Waals surface area contributed by atoms with Gasteiger partial charge in [0.2, 0.25) is 0 Å². The fourth-order valence-corrected chi connectivity index (χ4v) is 8.74. The second-order valence-electron chi connectivity index (χ2n) is 14.5. The topological polar surface area (TPSA) is 25.8 Å². The summed E-state index contributed by atoms with van der Waals surface area (Å²) in [5.41, 5.74) is 10.6. The van der Waals surface area contributed by atoms with Crippen LogP contribution in [-0.2, 0) is 0 Å². The molecule has 11 rings (SSSR count). The lowest BCUT2D eigenvalue weighted by atomic mass is 9.86. The van der Waals surface area contributed by atoms with E-state index >= 15 is 0 Å². The zero-order chi connectivity index (χ0) is 37.0. The van der Waals surface area contributed by atoms with Gasteiger partial charge in [-0.3, -0.25) is 0 Å². The van der Waals surface area contributed by atoms with Crippen LogP contribution >= 0.6 is 0 Å². The lowest BCUT2D eigenvalue weighted by Crippen LogP contribution is -1.94. The summed E-state index contributed by atoms with van der Waals surface area (Å²) < 4.78 is 0. The van der Waals surface area contributed by atoms with E-state index in [1.165, 1.54) is 87.6 Å². The number of rotatable bonds is 5. The maximum Gasteiger partial charge on any atom is 0.160 e. The van der Waals surface area contributed by atoms with Gasteiger partial charge in [0.05, 0.1) is 0 Å². The third-order valence-corrected chi connectivity index (χ3v) is 11.4. The SMILES string of the molecule is c1ccc(-c2ccc3c(-c4ccc(-c5ccc(-c6ccc7c8ccccc8c8ccccc8c7c6)cc5)cc4)c4ccccc4c(-c4ncccn4)c3c2)cc1. The molecule has 11 aromatic rings. The van der Waals surface area contributed by atoms with E-state index in [4.69, 9.17) is 9.97 Å². The summed E-state index contributed by atoms with van der Waals surface area (Å²) in [6.45, 7) is 0. The predicted octanol–water partition coefficient (Wildman–Crippen LogP) is 14.6. The van der Waals surface area contributed by atoms with Crippen molar-refractivity contribution in [1.29, 1.82) is 0 Å². The second kappa shape index (κ2) is 13.2. The Labute approximate surface area is 325 Å². The Hall–Kier alpha value is -7.42. The molecule has 56 heavy (non-hydrogen) atoms. The molecule has 10 aromatic carbocycles. The molecule has 0 spiro atoms. The first-order valence-electron chi connectivity index (χ1n) is 19.1. The Bertz CT molecular complexity index is 3220. The summed E-state index contributed by atoms with van der Waals surface area (Å²) in [7, 11) is 0. The highest BCUT2D eigenvalue weighted by Crippen LogP contribution is 2.44. The minimum atomic E-state index is 0.731. The average Bonchev–Trinajstić information content (AvgIpc) is 3.28.